The molecule has 2 heterocycles. The summed E-state index contributed by atoms with van der Waals surface area (Å²) in [6.07, 6.45) is 3.14. The molecule has 0 bridgehead atoms. The van der Waals surface area contributed by atoms with E-state index in [-0.39, 0.29) is 11.8 Å². The van der Waals surface area contributed by atoms with E-state index in [9.17, 15) is 9.59 Å². The molecule has 0 radical (unpaired) electrons. The average Bonchev–Trinajstić information content (AvgIpc) is 2.82. The van der Waals surface area contributed by atoms with Gasteiger partial charge in [0.05, 0.1) is 19.6 Å². The zero-order valence-electron chi connectivity index (χ0n) is 17.0. The summed E-state index contributed by atoms with van der Waals surface area (Å²) in [5.41, 5.74) is 1.11. The van der Waals surface area contributed by atoms with Gasteiger partial charge in [0.1, 0.15) is 23.9 Å². The summed E-state index contributed by atoms with van der Waals surface area (Å²) in [5, 5.41) is 0. The minimum absolute atomic E-state index is 0.299. The Morgan fingerprint density at radius 2 is 1.74 bits per heavy atom. The van der Waals surface area contributed by atoms with Crippen molar-refractivity contribution in [2.45, 2.75) is 5.92 Å². The second-order valence-electron chi connectivity index (χ2n) is 6.81. The van der Waals surface area contributed by atoms with E-state index in [1.54, 1.807) is 55.9 Å². The minimum Gasteiger partial charge on any atom is -0.497 e. The molecule has 7 heteroatoms. The fourth-order valence-corrected chi connectivity index (χ4v) is 3.37. The average molecular weight is 415 g/mol. The number of ether oxygens (including phenoxy) is 2. The van der Waals surface area contributed by atoms with Crippen LogP contribution in [0.5, 0.6) is 11.5 Å². The van der Waals surface area contributed by atoms with E-state index in [0.29, 0.717) is 35.8 Å². The Hall–Kier alpha value is -4.00. The van der Waals surface area contributed by atoms with Gasteiger partial charge >= 0.3 is 0 Å². The molecule has 0 N–H and O–H groups in total. The monoisotopic (exact) mass is 415 g/mol. The summed E-state index contributed by atoms with van der Waals surface area (Å²) in [7, 11) is 1.61. The second kappa shape index (κ2) is 9.21. The number of fused-ring (bicyclic) bond motifs is 1. The fraction of sp³-hybridized carbons (Fsp3) is 0.167. The summed E-state index contributed by atoms with van der Waals surface area (Å²) in [6.45, 7) is 0.726. The van der Waals surface area contributed by atoms with E-state index < -0.39 is 5.92 Å². The Bertz CT molecular complexity index is 1100. The van der Waals surface area contributed by atoms with Crippen molar-refractivity contribution in [1.82, 2.24) is 4.98 Å². The highest BCUT2D eigenvalue weighted by Crippen LogP contribution is 2.30. The van der Waals surface area contributed by atoms with Crippen LogP contribution in [0.3, 0.4) is 0 Å². The van der Waals surface area contributed by atoms with Crippen LogP contribution in [-0.4, -0.2) is 43.3 Å². The molecule has 1 aromatic heterocycles. The van der Waals surface area contributed by atoms with Crippen LogP contribution in [0.15, 0.2) is 77.9 Å². The molecule has 1 unspecified atom stereocenters. The summed E-state index contributed by atoms with van der Waals surface area (Å²) in [5.74, 6) is 0.341. The highest BCUT2D eigenvalue weighted by Gasteiger charge is 2.39. The Labute approximate surface area is 180 Å². The number of nitrogens with zero attached hydrogens (tertiary/aromatic N) is 3. The van der Waals surface area contributed by atoms with E-state index in [1.165, 1.54) is 0 Å². The maximum absolute atomic E-state index is 13.2. The van der Waals surface area contributed by atoms with Gasteiger partial charge in [-0.15, -0.1) is 0 Å². The molecule has 4 rings (SSSR count). The number of amides is 2. The van der Waals surface area contributed by atoms with Gasteiger partial charge in [-0.25, -0.2) is 9.88 Å². The van der Waals surface area contributed by atoms with Crippen LogP contribution in [0.4, 0.5) is 5.82 Å². The lowest BCUT2D eigenvalue weighted by Crippen LogP contribution is -2.46. The van der Waals surface area contributed by atoms with Crippen molar-refractivity contribution in [2.75, 3.05) is 25.2 Å². The number of imide groups is 1. The molecule has 0 saturated heterocycles. The summed E-state index contributed by atoms with van der Waals surface area (Å²) < 4.78 is 10.8. The smallest absolute Gasteiger partial charge is 0.266 e. The predicted octanol–water partition coefficient (Wildman–Crippen LogP) is 3.51. The van der Waals surface area contributed by atoms with Crippen molar-refractivity contribution in [3.05, 3.63) is 84.1 Å². The molecular formula is C24H21N3O4. The molecule has 31 heavy (non-hydrogen) atoms. The van der Waals surface area contributed by atoms with Crippen LogP contribution in [-0.2, 0) is 4.79 Å². The third kappa shape index (κ3) is 4.30. The summed E-state index contributed by atoms with van der Waals surface area (Å²) in [6, 6.07) is 19.5. The molecule has 7 nitrogen and oxygen atoms in total. The van der Waals surface area contributed by atoms with E-state index in [1.807, 2.05) is 30.3 Å². The highest BCUT2D eigenvalue weighted by atomic mass is 16.5. The maximum Gasteiger partial charge on any atom is 0.266 e. The number of pyridine rings is 1. The SMILES string of the molecule is COc1ccc(OCCN=CC2C(=O)N(c3ccccn3)C(=O)c3ccccc32)cc1. The van der Waals surface area contributed by atoms with Crippen molar-refractivity contribution >= 4 is 23.8 Å². The van der Waals surface area contributed by atoms with Gasteiger partial charge < -0.3 is 9.47 Å². The van der Waals surface area contributed by atoms with Gasteiger partial charge in [-0.1, -0.05) is 24.3 Å². The van der Waals surface area contributed by atoms with Gasteiger partial charge in [0.15, 0.2) is 0 Å². The van der Waals surface area contributed by atoms with Crippen molar-refractivity contribution in [2.24, 2.45) is 4.99 Å². The van der Waals surface area contributed by atoms with Crippen molar-refractivity contribution in [3.63, 3.8) is 0 Å². The van der Waals surface area contributed by atoms with E-state index in [0.717, 1.165) is 10.6 Å². The molecule has 1 aliphatic heterocycles. The predicted molar refractivity (Wildman–Crippen MR) is 117 cm³/mol. The standard InChI is InChI=1S/C24H21N3O4/c1-30-17-9-11-18(12-10-17)31-15-14-25-16-21-19-6-2-3-7-20(19)23(28)27(24(21)29)22-8-4-5-13-26-22/h2-13,16,21H,14-15H2,1H3. The van der Waals surface area contributed by atoms with E-state index in [2.05, 4.69) is 9.98 Å². The topological polar surface area (TPSA) is 81.1 Å². The molecule has 1 atom stereocenters. The lowest BCUT2D eigenvalue weighted by Gasteiger charge is -2.30. The Kier molecular flexibility index (Phi) is 6.03. The highest BCUT2D eigenvalue weighted by molar-refractivity contribution is 6.28. The number of carbonyl (C=O) groups is 2. The van der Waals surface area contributed by atoms with Crippen LogP contribution in [0, 0.1) is 0 Å². The fourth-order valence-electron chi connectivity index (χ4n) is 3.37. The molecule has 2 amide bonds. The van der Waals surface area contributed by atoms with E-state index in [4.69, 9.17) is 9.47 Å². The number of methoxy groups -OCH3 is 1. The van der Waals surface area contributed by atoms with Crippen LogP contribution in [0.1, 0.15) is 21.8 Å². The number of aliphatic imine (C=N–C) groups is 1. The molecule has 1 aliphatic rings. The van der Waals surface area contributed by atoms with Gasteiger partial charge in [0.2, 0.25) is 5.91 Å². The molecule has 0 fully saturated rings. The molecule has 3 aromatic rings. The Morgan fingerprint density at radius 3 is 2.48 bits per heavy atom. The molecule has 0 spiro atoms. The van der Waals surface area contributed by atoms with Gasteiger partial charge in [-0.3, -0.25) is 14.6 Å². The number of rotatable bonds is 7. The molecular weight excluding hydrogens is 394 g/mol. The van der Waals surface area contributed by atoms with Crippen LogP contribution in [0.2, 0.25) is 0 Å². The van der Waals surface area contributed by atoms with Crippen LogP contribution in [0.25, 0.3) is 0 Å². The summed E-state index contributed by atoms with van der Waals surface area (Å²) in [4.78, 5) is 35.8. The van der Waals surface area contributed by atoms with Gasteiger partial charge in [0.25, 0.3) is 5.91 Å². The number of hydrogen-bond donors (Lipinski definition) is 0. The zero-order valence-corrected chi connectivity index (χ0v) is 17.0. The van der Waals surface area contributed by atoms with Crippen molar-refractivity contribution in [1.29, 1.82) is 0 Å². The van der Waals surface area contributed by atoms with Gasteiger partial charge in [-0.05, 0) is 48.0 Å². The number of carbonyl (C=O) groups excluding carboxylic acids is 2. The molecule has 2 aromatic carbocycles. The first-order valence-electron chi connectivity index (χ1n) is 9.84. The quantitative estimate of drug-likeness (QED) is 0.335. The van der Waals surface area contributed by atoms with Crippen LogP contribution < -0.4 is 14.4 Å². The molecule has 0 aliphatic carbocycles. The maximum atomic E-state index is 13.2. The first-order valence-corrected chi connectivity index (χ1v) is 9.84. The van der Waals surface area contributed by atoms with Crippen molar-refractivity contribution < 1.29 is 19.1 Å². The number of anilines is 1. The number of benzene rings is 2. The lowest BCUT2D eigenvalue weighted by molar-refractivity contribution is -0.118. The number of hydrogen-bond acceptors (Lipinski definition) is 6. The Balaban J connectivity index is 1.48. The molecule has 0 saturated carbocycles. The first-order chi connectivity index (χ1) is 15.2. The number of aromatic nitrogens is 1. The third-order valence-corrected chi connectivity index (χ3v) is 4.90. The van der Waals surface area contributed by atoms with Crippen LogP contribution >= 0.6 is 0 Å². The first kappa shape index (κ1) is 20.3. The molecule has 156 valence electrons. The largest absolute Gasteiger partial charge is 0.497 e. The third-order valence-electron chi connectivity index (χ3n) is 4.90. The van der Waals surface area contributed by atoms with Gasteiger partial charge in [0, 0.05) is 18.0 Å². The second-order valence-corrected chi connectivity index (χ2v) is 6.81. The van der Waals surface area contributed by atoms with E-state index >= 15 is 0 Å². The normalized spacial score (nSPS) is 15.8. The van der Waals surface area contributed by atoms with Gasteiger partial charge in [-0.2, -0.15) is 0 Å². The lowest BCUT2D eigenvalue weighted by atomic mass is 9.89. The minimum atomic E-state index is -0.670. The summed E-state index contributed by atoms with van der Waals surface area (Å²) >= 11 is 0. The zero-order chi connectivity index (χ0) is 21.6. The Morgan fingerprint density at radius 1 is 1.00 bits per heavy atom. The van der Waals surface area contributed by atoms with Crippen molar-refractivity contribution in [3.8, 4) is 11.5 Å².